The number of nitrogens with one attached hydrogen (secondary N) is 1. The van der Waals surface area contributed by atoms with Crippen molar-refractivity contribution in [3.05, 3.63) is 24.3 Å². The van der Waals surface area contributed by atoms with Gasteiger partial charge in [0.25, 0.3) is 0 Å². The highest BCUT2D eigenvalue weighted by atomic mass is 31.2. The smallest absolute Gasteiger partial charge is 0.462 e. The normalized spacial score (nSPS) is 13.3. The predicted octanol–water partition coefficient (Wildman–Crippen LogP) is 12.2. The summed E-state index contributed by atoms with van der Waals surface area (Å²) in [6.07, 6.45) is 39.1. The van der Waals surface area contributed by atoms with E-state index in [-0.39, 0.29) is 44.9 Å². The minimum atomic E-state index is -4.50. The number of phosphoric ester groups is 1. The monoisotopic (exact) mass is 800 g/mol. The van der Waals surface area contributed by atoms with Crippen molar-refractivity contribution in [1.82, 2.24) is 5.32 Å². The lowest BCUT2D eigenvalue weighted by atomic mass is 10.1. The minimum absolute atomic E-state index is 0.0446. The number of unbranched alkanes of at least 4 members (excludes halogenated alkanes) is 22. The van der Waals surface area contributed by atoms with Crippen molar-refractivity contribution < 1.29 is 42.4 Å². The summed E-state index contributed by atoms with van der Waals surface area (Å²) in [5.74, 6) is -1.10. The zero-order chi connectivity index (χ0) is 40.5. The van der Waals surface area contributed by atoms with Crippen molar-refractivity contribution in [2.75, 3.05) is 26.4 Å². The number of hydrogen-bond acceptors (Lipinski definition) is 8. The van der Waals surface area contributed by atoms with Gasteiger partial charge in [-0.1, -0.05) is 148 Å². The highest BCUT2D eigenvalue weighted by molar-refractivity contribution is 7.47. The fourth-order valence-electron chi connectivity index (χ4n) is 5.99. The fourth-order valence-corrected chi connectivity index (χ4v) is 6.74. The van der Waals surface area contributed by atoms with Crippen molar-refractivity contribution in [3.63, 3.8) is 0 Å². The van der Waals surface area contributed by atoms with Crippen LogP contribution in [0, 0.1) is 0 Å². The van der Waals surface area contributed by atoms with Gasteiger partial charge in [0.15, 0.2) is 6.10 Å². The summed E-state index contributed by atoms with van der Waals surface area (Å²) in [7, 11) is -4.50. The summed E-state index contributed by atoms with van der Waals surface area (Å²) >= 11 is 0. The van der Waals surface area contributed by atoms with Crippen molar-refractivity contribution in [3.8, 4) is 0 Å². The Hall–Kier alpha value is -2.00. The van der Waals surface area contributed by atoms with Gasteiger partial charge in [0.05, 0.1) is 13.2 Å². The standard InChI is InChI=1S/C44H82NO9P/c1-4-7-9-11-13-15-17-19-21-23-25-27-29-31-33-35-43(47)51-39-41(40-53-55(49,50)52-38-37-45-42(46)6-3)54-44(48)36-34-32-30-28-26-24-22-20-18-16-14-12-10-8-5-2/h19-22,41H,4-18,23-40H2,1-3H3,(H,45,46)(H,49,50). The molecule has 2 N–H and O–H groups in total. The first-order valence-corrected chi connectivity index (χ1v) is 23.8. The molecule has 322 valence electrons. The van der Waals surface area contributed by atoms with Crippen LogP contribution in [0.1, 0.15) is 207 Å². The maximum absolute atomic E-state index is 12.7. The van der Waals surface area contributed by atoms with Crippen LogP contribution in [0.25, 0.3) is 0 Å². The first-order chi connectivity index (χ1) is 26.7. The van der Waals surface area contributed by atoms with Gasteiger partial charge in [-0.05, 0) is 64.2 Å². The molecule has 0 aliphatic rings. The molecule has 0 rings (SSSR count). The summed E-state index contributed by atoms with van der Waals surface area (Å²) in [5, 5.41) is 2.55. The van der Waals surface area contributed by atoms with Crippen LogP contribution in [0.5, 0.6) is 0 Å². The van der Waals surface area contributed by atoms with Gasteiger partial charge in [-0.25, -0.2) is 4.57 Å². The molecule has 55 heavy (non-hydrogen) atoms. The van der Waals surface area contributed by atoms with E-state index in [0.29, 0.717) is 12.8 Å². The summed E-state index contributed by atoms with van der Waals surface area (Å²) in [6, 6.07) is 0. The average Bonchev–Trinajstić information content (AvgIpc) is 3.17. The Kier molecular flexibility index (Phi) is 38.7. The minimum Gasteiger partial charge on any atom is -0.462 e. The molecule has 0 aliphatic heterocycles. The first-order valence-electron chi connectivity index (χ1n) is 22.3. The van der Waals surface area contributed by atoms with E-state index in [1.54, 1.807) is 6.92 Å². The van der Waals surface area contributed by atoms with E-state index in [4.69, 9.17) is 18.5 Å². The van der Waals surface area contributed by atoms with E-state index in [1.807, 2.05) is 0 Å². The Bertz CT molecular complexity index is 1020. The molecule has 0 aromatic carbocycles. The summed E-state index contributed by atoms with van der Waals surface area (Å²) in [4.78, 5) is 46.6. The molecule has 11 heteroatoms. The Balaban J connectivity index is 4.41. The molecule has 10 nitrogen and oxygen atoms in total. The van der Waals surface area contributed by atoms with Crippen LogP contribution in [-0.4, -0.2) is 55.2 Å². The number of carbonyl (C=O) groups excluding carboxylic acids is 3. The molecule has 0 saturated carbocycles. The zero-order valence-electron chi connectivity index (χ0n) is 35.4. The molecule has 0 fully saturated rings. The molecule has 0 heterocycles. The molecule has 0 bridgehead atoms. The summed E-state index contributed by atoms with van der Waals surface area (Å²) in [6.45, 7) is 5.23. The van der Waals surface area contributed by atoms with Crippen LogP contribution in [0.3, 0.4) is 0 Å². The largest absolute Gasteiger partial charge is 0.472 e. The molecule has 0 radical (unpaired) electrons. The Morgan fingerprint density at radius 2 is 0.982 bits per heavy atom. The second-order valence-corrected chi connectivity index (χ2v) is 16.2. The number of hydrogen-bond donors (Lipinski definition) is 2. The number of carbonyl (C=O) groups is 3. The Labute approximate surface area is 336 Å². The highest BCUT2D eigenvalue weighted by Gasteiger charge is 2.26. The lowest BCUT2D eigenvalue weighted by molar-refractivity contribution is -0.161. The summed E-state index contributed by atoms with van der Waals surface area (Å²) < 4.78 is 33.3. The van der Waals surface area contributed by atoms with E-state index in [0.717, 1.165) is 64.2 Å². The van der Waals surface area contributed by atoms with Gasteiger partial charge in [-0.2, -0.15) is 0 Å². The van der Waals surface area contributed by atoms with Gasteiger partial charge >= 0.3 is 19.8 Å². The lowest BCUT2D eigenvalue weighted by Gasteiger charge is -2.20. The molecule has 0 aromatic rings. The lowest BCUT2D eigenvalue weighted by Crippen LogP contribution is -2.30. The second-order valence-electron chi connectivity index (χ2n) is 14.8. The van der Waals surface area contributed by atoms with Crippen LogP contribution < -0.4 is 5.32 Å². The third-order valence-electron chi connectivity index (χ3n) is 9.44. The average molecular weight is 800 g/mol. The number of ether oxygens (including phenoxy) is 2. The van der Waals surface area contributed by atoms with E-state index >= 15 is 0 Å². The topological polar surface area (TPSA) is 137 Å². The number of esters is 2. The molecule has 0 aliphatic carbocycles. The van der Waals surface area contributed by atoms with Crippen LogP contribution in [-0.2, 0) is 37.5 Å². The number of amides is 1. The number of rotatable bonds is 41. The van der Waals surface area contributed by atoms with Gasteiger partial charge in [0, 0.05) is 25.8 Å². The van der Waals surface area contributed by atoms with Gasteiger partial charge in [-0.3, -0.25) is 23.4 Å². The first kappa shape index (κ1) is 53.0. The molecule has 2 atom stereocenters. The molecular formula is C44H82NO9P. The van der Waals surface area contributed by atoms with Crippen LogP contribution in [0.15, 0.2) is 24.3 Å². The molecule has 1 amide bonds. The van der Waals surface area contributed by atoms with E-state index < -0.39 is 32.5 Å². The van der Waals surface area contributed by atoms with Crippen molar-refractivity contribution in [2.45, 2.75) is 213 Å². The highest BCUT2D eigenvalue weighted by Crippen LogP contribution is 2.43. The molecule has 0 aromatic heterocycles. The summed E-state index contributed by atoms with van der Waals surface area (Å²) in [5.41, 5.74) is 0. The van der Waals surface area contributed by atoms with Crippen molar-refractivity contribution in [1.29, 1.82) is 0 Å². The van der Waals surface area contributed by atoms with Crippen molar-refractivity contribution >= 4 is 25.7 Å². The fraction of sp³-hybridized carbons (Fsp3) is 0.841. The van der Waals surface area contributed by atoms with Crippen LogP contribution >= 0.6 is 7.82 Å². The molecule has 2 unspecified atom stereocenters. The Morgan fingerprint density at radius 1 is 0.564 bits per heavy atom. The van der Waals surface area contributed by atoms with E-state index in [1.165, 1.54) is 89.9 Å². The quantitative estimate of drug-likeness (QED) is 0.0268. The SMILES string of the molecule is CCCCCCCCC=CCCCCCCCC(=O)OCC(COP(=O)(O)OCCNC(=O)CC)OC(=O)CCCCCCCC=CCCCCCCCC. The number of phosphoric acid groups is 1. The van der Waals surface area contributed by atoms with Crippen LogP contribution in [0.4, 0.5) is 0 Å². The maximum Gasteiger partial charge on any atom is 0.472 e. The molecule has 0 saturated heterocycles. The number of allylic oxidation sites excluding steroid dienone is 4. The predicted molar refractivity (Wildman–Crippen MR) is 225 cm³/mol. The van der Waals surface area contributed by atoms with E-state index in [2.05, 4.69) is 43.5 Å². The van der Waals surface area contributed by atoms with Gasteiger partial charge < -0.3 is 19.7 Å². The molecule has 0 spiro atoms. The second kappa shape index (κ2) is 40.2. The van der Waals surface area contributed by atoms with Crippen molar-refractivity contribution in [2.24, 2.45) is 0 Å². The van der Waals surface area contributed by atoms with E-state index in [9.17, 15) is 23.8 Å². The molecular weight excluding hydrogens is 717 g/mol. The van der Waals surface area contributed by atoms with Gasteiger partial charge in [-0.15, -0.1) is 0 Å². The van der Waals surface area contributed by atoms with Gasteiger partial charge in [0.1, 0.15) is 6.61 Å². The van der Waals surface area contributed by atoms with Crippen LogP contribution in [0.2, 0.25) is 0 Å². The Morgan fingerprint density at radius 3 is 1.44 bits per heavy atom. The third kappa shape index (κ3) is 40.0. The van der Waals surface area contributed by atoms with Gasteiger partial charge in [0.2, 0.25) is 5.91 Å². The maximum atomic E-state index is 12.7. The third-order valence-corrected chi connectivity index (χ3v) is 10.4. The zero-order valence-corrected chi connectivity index (χ0v) is 36.3.